The zero-order chi connectivity index (χ0) is 18.6. The van der Waals surface area contributed by atoms with Crippen LogP contribution in [0.3, 0.4) is 0 Å². The Balaban J connectivity index is 1.37. The highest BCUT2D eigenvalue weighted by Crippen LogP contribution is 2.60. The molecule has 1 heterocycles. The molecule has 1 aliphatic heterocycles. The van der Waals surface area contributed by atoms with Gasteiger partial charge in [-0.15, -0.1) is 0 Å². The summed E-state index contributed by atoms with van der Waals surface area (Å²) in [5, 5.41) is 2.75. The first kappa shape index (κ1) is 17.5. The summed E-state index contributed by atoms with van der Waals surface area (Å²) in [4.78, 5) is 36.7. The molecule has 6 nitrogen and oxygen atoms in total. The Hall–Kier alpha value is -1.89. The molecule has 3 aliphatic rings. The number of carbonyl (C=O) groups is 3. The zero-order valence-electron chi connectivity index (χ0n) is 14.5. The second-order valence-electron chi connectivity index (χ2n) is 7.44. The van der Waals surface area contributed by atoms with E-state index in [1.54, 1.807) is 0 Å². The van der Waals surface area contributed by atoms with Gasteiger partial charge in [-0.05, 0) is 37.8 Å². The van der Waals surface area contributed by atoms with Crippen molar-refractivity contribution in [3.8, 4) is 0 Å². The lowest BCUT2D eigenvalue weighted by molar-refractivity contribution is -0.157. The van der Waals surface area contributed by atoms with E-state index in [2.05, 4.69) is 21.2 Å². The Labute approximate surface area is 159 Å². The maximum Gasteiger partial charge on any atom is 0.310 e. The SMILES string of the molecule is Cc1ccc(NC(=O)COC(=O)[C@@H]2[C@H]3C[C@H]4[C@H](OC(=O)[C@H]42)[C@H]3Br)c(C)c1. The lowest BCUT2D eigenvalue weighted by atomic mass is 9.80. The Kier molecular flexibility index (Phi) is 4.29. The number of hydrogen-bond acceptors (Lipinski definition) is 5. The van der Waals surface area contributed by atoms with E-state index < -0.39 is 23.7 Å². The Morgan fingerprint density at radius 2 is 2.08 bits per heavy atom. The number of benzene rings is 1. The summed E-state index contributed by atoms with van der Waals surface area (Å²) in [6.45, 7) is 3.52. The van der Waals surface area contributed by atoms with E-state index in [9.17, 15) is 14.4 Å². The van der Waals surface area contributed by atoms with Gasteiger partial charge in [-0.1, -0.05) is 33.6 Å². The van der Waals surface area contributed by atoms with Gasteiger partial charge in [0.1, 0.15) is 6.10 Å². The van der Waals surface area contributed by atoms with Crippen molar-refractivity contribution in [2.24, 2.45) is 23.7 Å². The fourth-order valence-electron chi connectivity index (χ4n) is 4.67. The van der Waals surface area contributed by atoms with Crippen LogP contribution in [-0.4, -0.2) is 35.4 Å². The van der Waals surface area contributed by atoms with Gasteiger partial charge >= 0.3 is 11.9 Å². The molecule has 1 saturated heterocycles. The summed E-state index contributed by atoms with van der Waals surface area (Å²) in [5.74, 6) is -2.03. The van der Waals surface area contributed by atoms with E-state index in [-0.39, 0.29) is 35.3 Å². The van der Waals surface area contributed by atoms with Gasteiger partial charge in [0.2, 0.25) is 0 Å². The number of hydrogen-bond donors (Lipinski definition) is 1. The first-order valence-electron chi connectivity index (χ1n) is 8.75. The predicted molar refractivity (Wildman–Crippen MR) is 96.7 cm³/mol. The molecule has 1 amide bonds. The van der Waals surface area contributed by atoms with Crippen molar-refractivity contribution in [1.82, 2.24) is 0 Å². The summed E-state index contributed by atoms with van der Waals surface area (Å²) in [6, 6.07) is 5.70. The molecule has 6 atom stereocenters. The van der Waals surface area contributed by atoms with Crippen molar-refractivity contribution in [2.75, 3.05) is 11.9 Å². The standard InChI is InChI=1S/C19H20BrNO5/c1-8-3-4-12(9(2)5-8)21-13(22)7-25-18(23)14-10-6-11-15(14)19(24)26-17(11)16(10)20/h3-5,10-11,14-17H,6-7H2,1-2H3,(H,21,22)/t10-,11-,14-,15-,16+,17+/m1/s1. The van der Waals surface area contributed by atoms with E-state index in [0.717, 1.165) is 17.5 Å². The molecule has 138 valence electrons. The Morgan fingerprint density at radius 3 is 2.81 bits per heavy atom. The smallest absolute Gasteiger partial charge is 0.310 e. The van der Waals surface area contributed by atoms with Crippen LogP contribution in [0.4, 0.5) is 5.69 Å². The molecule has 1 N–H and O–H groups in total. The van der Waals surface area contributed by atoms with E-state index >= 15 is 0 Å². The van der Waals surface area contributed by atoms with Gasteiger partial charge in [0.25, 0.3) is 5.91 Å². The van der Waals surface area contributed by atoms with Crippen LogP contribution >= 0.6 is 15.9 Å². The molecule has 0 aromatic heterocycles. The molecule has 2 aliphatic carbocycles. The van der Waals surface area contributed by atoms with Crippen molar-refractivity contribution >= 4 is 39.5 Å². The minimum atomic E-state index is -0.524. The number of amides is 1. The molecule has 1 aromatic carbocycles. The second kappa shape index (κ2) is 6.37. The first-order valence-corrected chi connectivity index (χ1v) is 9.66. The normalized spacial score (nSPS) is 33.9. The molecule has 7 heteroatoms. The summed E-state index contributed by atoms with van der Waals surface area (Å²) in [6.07, 6.45) is 0.653. The molecule has 1 aromatic rings. The quantitative estimate of drug-likeness (QED) is 0.595. The molecule has 0 spiro atoms. The molecule has 0 radical (unpaired) electrons. The van der Waals surface area contributed by atoms with E-state index in [1.807, 2.05) is 32.0 Å². The predicted octanol–water partition coefficient (Wildman–Crippen LogP) is 2.36. The van der Waals surface area contributed by atoms with Crippen molar-refractivity contribution in [1.29, 1.82) is 0 Å². The van der Waals surface area contributed by atoms with Gasteiger partial charge in [0.05, 0.1) is 16.7 Å². The van der Waals surface area contributed by atoms with Gasteiger partial charge in [-0.3, -0.25) is 14.4 Å². The lowest BCUT2D eigenvalue weighted by Crippen LogP contribution is -2.39. The maximum absolute atomic E-state index is 12.6. The van der Waals surface area contributed by atoms with Crippen LogP contribution in [0.25, 0.3) is 0 Å². The van der Waals surface area contributed by atoms with Crippen molar-refractivity contribution < 1.29 is 23.9 Å². The molecule has 3 fully saturated rings. The summed E-state index contributed by atoms with van der Waals surface area (Å²) < 4.78 is 10.6. The lowest BCUT2D eigenvalue weighted by Gasteiger charge is -2.26. The van der Waals surface area contributed by atoms with Gasteiger partial charge in [-0.2, -0.15) is 0 Å². The number of esters is 2. The number of aryl methyl sites for hydroxylation is 2. The van der Waals surface area contributed by atoms with E-state index in [1.165, 1.54) is 0 Å². The number of anilines is 1. The van der Waals surface area contributed by atoms with Crippen LogP contribution < -0.4 is 5.32 Å². The highest BCUT2D eigenvalue weighted by molar-refractivity contribution is 9.09. The molecule has 0 unspecified atom stereocenters. The van der Waals surface area contributed by atoms with Gasteiger partial charge in [0, 0.05) is 11.6 Å². The van der Waals surface area contributed by atoms with Gasteiger partial charge in [0.15, 0.2) is 6.61 Å². The fourth-order valence-corrected chi connectivity index (χ4v) is 5.71. The highest BCUT2D eigenvalue weighted by atomic mass is 79.9. The van der Waals surface area contributed by atoms with E-state index in [0.29, 0.717) is 5.69 Å². The monoisotopic (exact) mass is 421 g/mol. The fraction of sp³-hybridized carbons (Fsp3) is 0.526. The average molecular weight is 422 g/mol. The van der Waals surface area contributed by atoms with Crippen LogP contribution in [0, 0.1) is 37.5 Å². The molecular weight excluding hydrogens is 402 g/mol. The van der Waals surface area contributed by atoms with Gasteiger partial charge in [-0.25, -0.2) is 0 Å². The van der Waals surface area contributed by atoms with Crippen LogP contribution in [0.15, 0.2) is 18.2 Å². The molecule has 4 rings (SSSR count). The molecule has 26 heavy (non-hydrogen) atoms. The first-order chi connectivity index (χ1) is 12.4. The van der Waals surface area contributed by atoms with Crippen molar-refractivity contribution in [2.45, 2.75) is 31.2 Å². The second-order valence-corrected chi connectivity index (χ2v) is 8.49. The summed E-state index contributed by atoms with van der Waals surface area (Å²) in [5.41, 5.74) is 2.74. The van der Waals surface area contributed by atoms with Crippen molar-refractivity contribution in [3.05, 3.63) is 29.3 Å². The number of fused-ring (bicyclic) bond motifs is 1. The minimum absolute atomic E-state index is 0.0169. The van der Waals surface area contributed by atoms with Crippen LogP contribution in [0.1, 0.15) is 17.5 Å². The van der Waals surface area contributed by atoms with Crippen LogP contribution in [0.2, 0.25) is 0 Å². The number of ether oxygens (including phenoxy) is 2. The van der Waals surface area contributed by atoms with Gasteiger partial charge < -0.3 is 14.8 Å². The average Bonchev–Trinajstić information content (AvgIpc) is 3.19. The minimum Gasteiger partial charge on any atom is -0.461 e. The third-order valence-electron chi connectivity index (χ3n) is 5.80. The summed E-state index contributed by atoms with van der Waals surface area (Å²) in [7, 11) is 0. The zero-order valence-corrected chi connectivity index (χ0v) is 16.1. The highest BCUT2D eigenvalue weighted by Gasteiger charge is 2.68. The Bertz CT molecular complexity index is 794. The van der Waals surface area contributed by atoms with Crippen LogP contribution in [0.5, 0.6) is 0 Å². The largest absolute Gasteiger partial charge is 0.461 e. The molecule has 2 saturated carbocycles. The number of halogens is 1. The Morgan fingerprint density at radius 1 is 1.31 bits per heavy atom. The molecule has 2 bridgehead atoms. The number of rotatable bonds is 4. The third kappa shape index (κ3) is 2.73. The van der Waals surface area contributed by atoms with E-state index in [4.69, 9.17) is 9.47 Å². The topological polar surface area (TPSA) is 81.7 Å². The van der Waals surface area contributed by atoms with Crippen LogP contribution in [-0.2, 0) is 23.9 Å². The molecular formula is C19H20BrNO5. The number of alkyl halides is 1. The van der Waals surface area contributed by atoms with Crippen molar-refractivity contribution in [3.63, 3.8) is 0 Å². The number of nitrogens with one attached hydrogen (secondary N) is 1. The third-order valence-corrected chi connectivity index (χ3v) is 7.00. The summed E-state index contributed by atoms with van der Waals surface area (Å²) >= 11 is 3.56. The maximum atomic E-state index is 12.6. The number of carbonyl (C=O) groups excluding carboxylic acids is 3.